The predicted octanol–water partition coefficient (Wildman–Crippen LogP) is 5.29. The van der Waals surface area contributed by atoms with Gasteiger partial charge in [-0.3, -0.25) is 14.3 Å². The number of para-hydroxylation sites is 2. The maximum atomic E-state index is 13.8. The first kappa shape index (κ1) is 25.7. The van der Waals surface area contributed by atoms with Crippen molar-refractivity contribution in [2.75, 3.05) is 7.11 Å². The molecule has 1 aliphatic carbocycles. The summed E-state index contributed by atoms with van der Waals surface area (Å²) in [6, 6.07) is 22.0. The smallest absolute Gasteiger partial charge is 0.328 e. The van der Waals surface area contributed by atoms with Crippen LogP contribution >= 0.6 is 0 Å². The molecule has 2 heterocycles. The van der Waals surface area contributed by atoms with Gasteiger partial charge in [-0.15, -0.1) is 0 Å². The zero-order valence-electron chi connectivity index (χ0n) is 22.4. The van der Waals surface area contributed by atoms with Crippen molar-refractivity contribution in [2.45, 2.75) is 50.6 Å². The van der Waals surface area contributed by atoms with Crippen molar-refractivity contribution in [3.05, 3.63) is 100 Å². The molecule has 3 aromatic carbocycles. The van der Waals surface area contributed by atoms with Gasteiger partial charge in [-0.25, -0.2) is 9.48 Å². The van der Waals surface area contributed by atoms with Crippen molar-refractivity contribution in [3.63, 3.8) is 0 Å². The molecule has 1 saturated carbocycles. The largest absolute Gasteiger partial charge is 0.467 e. The van der Waals surface area contributed by atoms with Crippen molar-refractivity contribution in [3.8, 4) is 5.69 Å². The van der Waals surface area contributed by atoms with E-state index in [-0.39, 0.29) is 18.0 Å². The number of benzene rings is 3. The number of aromatic nitrogens is 3. The third-order valence-corrected chi connectivity index (χ3v) is 7.96. The SMILES string of the molecule is COC(=O)[C@H](Cc1c[nH]c2ccccc12)NC(=O)c1ccc2c(c1)c(=O)n(-c1ccccc1)n2C1CCCCC1. The van der Waals surface area contributed by atoms with Crippen molar-refractivity contribution in [1.29, 1.82) is 0 Å². The van der Waals surface area contributed by atoms with Crippen molar-refractivity contribution in [1.82, 2.24) is 19.7 Å². The minimum absolute atomic E-state index is 0.162. The molecular weight excluding hydrogens is 504 g/mol. The Balaban J connectivity index is 1.35. The van der Waals surface area contributed by atoms with Gasteiger partial charge < -0.3 is 15.0 Å². The molecule has 0 unspecified atom stereocenters. The molecule has 8 heteroatoms. The Hall–Kier alpha value is -4.59. The fraction of sp³-hybridized carbons (Fsp3) is 0.281. The van der Waals surface area contributed by atoms with Gasteiger partial charge in [0.25, 0.3) is 11.5 Å². The Bertz CT molecular complexity index is 1740. The molecule has 8 nitrogen and oxygen atoms in total. The Morgan fingerprint density at radius 2 is 1.73 bits per heavy atom. The van der Waals surface area contributed by atoms with Crippen LogP contribution in [-0.2, 0) is 16.0 Å². The average molecular weight is 537 g/mol. The van der Waals surface area contributed by atoms with Crippen molar-refractivity contribution in [2.24, 2.45) is 0 Å². The number of hydrogen-bond acceptors (Lipinski definition) is 4. The predicted molar refractivity (Wildman–Crippen MR) is 155 cm³/mol. The number of ether oxygens (including phenoxy) is 1. The van der Waals surface area contributed by atoms with E-state index in [1.807, 2.05) is 66.9 Å². The van der Waals surface area contributed by atoms with Crippen LogP contribution in [0.3, 0.4) is 0 Å². The highest BCUT2D eigenvalue weighted by Gasteiger charge is 2.26. The van der Waals surface area contributed by atoms with Crippen molar-refractivity contribution >= 4 is 33.7 Å². The summed E-state index contributed by atoms with van der Waals surface area (Å²) >= 11 is 0. The molecule has 1 fully saturated rings. The van der Waals surface area contributed by atoms with Crippen LogP contribution in [-0.4, -0.2) is 39.4 Å². The van der Waals surface area contributed by atoms with Gasteiger partial charge in [0.1, 0.15) is 6.04 Å². The Morgan fingerprint density at radius 1 is 0.975 bits per heavy atom. The maximum Gasteiger partial charge on any atom is 0.328 e. The van der Waals surface area contributed by atoms with Gasteiger partial charge in [0.15, 0.2) is 0 Å². The average Bonchev–Trinajstić information content (AvgIpc) is 3.55. The van der Waals surface area contributed by atoms with Crippen LogP contribution in [0, 0.1) is 0 Å². The lowest BCUT2D eigenvalue weighted by Crippen LogP contribution is -2.43. The highest BCUT2D eigenvalue weighted by atomic mass is 16.5. The van der Waals surface area contributed by atoms with E-state index >= 15 is 0 Å². The third-order valence-electron chi connectivity index (χ3n) is 7.96. The third kappa shape index (κ3) is 4.70. The minimum Gasteiger partial charge on any atom is -0.467 e. The molecular formula is C32H32N4O4. The number of methoxy groups -OCH3 is 1. The van der Waals surface area contributed by atoms with E-state index in [0.29, 0.717) is 10.9 Å². The number of amides is 1. The zero-order chi connectivity index (χ0) is 27.6. The lowest BCUT2D eigenvalue weighted by atomic mass is 9.95. The first-order valence-electron chi connectivity index (χ1n) is 13.8. The highest BCUT2D eigenvalue weighted by Crippen LogP contribution is 2.32. The molecule has 0 aliphatic heterocycles. The zero-order valence-corrected chi connectivity index (χ0v) is 22.4. The van der Waals surface area contributed by atoms with E-state index in [0.717, 1.165) is 53.4 Å². The van der Waals surface area contributed by atoms with Crippen LogP contribution in [0.15, 0.2) is 83.8 Å². The lowest BCUT2D eigenvalue weighted by molar-refractivity contribution is -0.142. The number of esters is 1. The molecule has 2 aromatic heterocycles. The van der Waals surface area contributed by atoms with Gasteiger partial charge in [-0.2, -0.15) is 0 Å². The van der Waals surface area contributed by atoms with E-state index in [4.69, 9.17) is 4.74 Å². The summed E-state index contributed by atoms with van der Waals surface area (Å²) in [7, 11) is 1.31. The quantitative estimate of drug-likeness (QED) is 0.276. The Labute approximate surface area is 231 Å². The van der Waals surface area contributed by atoms with Gasteiger partial charge >= 0.3 is 5.97 Å². The number of carbonyl (C=O) groups excluding carboxylic acids is 2. The minimum atomic E-state index is -0.889. The maximum absolute atomic E-state index is 13.8. The fourth-order valence-corrected chi connectivity index (χ4v) is 5.96. The van der Waals surface area contributed by atoms with E-state index in [2.05, 4.69) is 15.0 Å². The molecule has 5 aromatic rings. The monoisotopic (exact) mass is 536 g/mol. The Morgan fingerprint density at radius 3 is 2.50 bits per heavy atom. The van der Waals surface area contributed by atoms with E-state index < -0.39 is 17.9 Å². The van der Waals surface area contributed by atoms with Crippen LogP contribution in [0.2, 0.25) is 0 Å². The number of carbonyl (C=O) groups is 2. The number of hydrogen-bond donors (Lipinski definition) is 2. The number of nitrogens with one attached hydrogen (secondary N) is 2. The second-order valence-corrected chi connectivity index (χ2v) is 10.4. The number of aromatic amines is 1. The Kier molecular flexibility index (Phi) is 6.99. The molecule has 0 bridgehead atoms. The summed E-state index contributed by atoms with van der Waals surface area (Å²) in [6.07, 6.45) is 7.58. The number of fused-ring (bicyclic) bond motifs is 2. The van der Waals surface area contributed by atoms with Gasteiger partial charge in [0.05, 0.1) is 29.7 Å². The second kappa shape index (κ2) is 10.9. The molecule has 6 rings (SSSR count). The molecule has 1 amide bonds. The van der Waals surface area contributed by atoms with E-state index in [1.165, 1.54) is 13.5 Å². The first-order chi connectivity index (χ1) is 19.5. The number of H-pyrrole nitrogens is 1. The van der Waals surface area contributed by atoms with Crippen molar-refractivity contribution < 1.29 is 14.3 Å². The normalized spacial score (nSPS) is 14.8. The highest BCUT2D eigenvalue weighted by molar-refractivity contribution is 6.00. The first-order valence-corrected chi connectivity index (χ1v) is 13.8. The fourth-order valence-electron chi connectivity index (χ4n) is 5.96. The van der Waals surface area contributed by atoms with Gasteiger partial charge in [-0.05, 0) is 54.8 Å². The second-order valence-electron chi connectivity index (χ2n) is 10.4. The molecule has 0 spiro atoms. The standard InChI is InChI=1S/C32H32N4O4/c1-40-32(39)28(19-22-20-33-27-15-9-8-14-25(22)27)34-30(37)21-16-17-29-26(18-21)31(38)36(24-12-6-3-7-13-24)35(29)23-10-4-2-5-11-23/h3,6-9,12-18,20,23,28,33H,2,4-5,10-11,19H2,1H3,(H,34,37)/t28-/m0/s1. The number of nitrogens with zero attached hydrogens (tertiary/aromatic N) is 2. The topological polar surface area (TPSA) is 98.1 Å². The van der Waals surface area contributed by atoms with Gasteiger partial charge in [0.2, 0.25) is 0 Å². The summed E-state index contributed by atoms with van der Waals surface area (Å²) in [5.41, 5.74) is 3.61. The summed E-state index contributed by atoms with van der Waals surface area (Å²) in [4.78, 5) is 43.1. The molecule has 2 N–H and O–H groups in total. The number of rotatable bonds is 7. The van der Waals surface area contributed by atoms with Crippen LogP contribution in [0.25, 0.3) is 27.5 Å². The van der Waals surface area contributed by atoms with Crippen LogP contribution < -0.4 is 10.9 Å². The van der Waals surface area contributed by atoms with Crippen LogP contribution in [0.5, 0.6) is 0 Å². The molecule has 0 saturated heterocycles. The lowest BCUT2D eigenvalue weighted by Gasteiger charge is -2.26. The molecule has 1 atom stereocenters. The molecule has 0 radical (unpaired) electrons. The van der Waals surface area contributed by atoms with Gasteiger partial charge in [0, 0.05) is 29.1 Å². The van der Waals surface area contributed by atoms with Crippen LogP contribution in [0.1, 0.15) is 54.1 Å². The summed E-state index contributed by atoms with van der Waals surface area (Å²) < 4.78 is 8.87. The summed E-state index contributed by atoms with van der Waals surface area (Å²) in [5, 5.41) is 4.31. The summed E-state index contributed by atoms with van der Waals surface area (Å²) in [6.45, 7) is 0. The molecule has 1 aliphatic rings. The summed E-state index contributed by atoms with van der Waals surface area (Å²) in [5.74, 6) is -0.970. The van der Waals surface area contributed by atoms with E-state index in [1.54, 1.807) is 16.8 Å². The van der Waals surface area contributed by atoms with Gasteiger partial charge in [-0.1, -0.05) is 55.7 Å². The molecule has 204 valence electrons. The van der Waals surface area contributed by atoms with E-state index in [9.17, 15) is 14.4 Å². The molecule has 40 heavy (non-hydrogen) atoms. The van der Waals surface area contributed by atoms with Crippen LogP contribution in [0.4, 0.5) is 0 Å².